The Morgan fingerprint density at radius 1 is 1.24 bits per heavy atom. The second kappa shape index (κ2) is 12.8. The van der Waals surface area contributed by atoms with Crippen molar-refractivity contribution < 1.29 is 4.74 Å². The van der Waals surface area contributed by atoms with Crippen molar-refractivity contribution >= 4 is 29.9 Å². The average Bonchev–Trinajstić information content (AvgIpc) is 3.24. The number of hydrogen-bond donors (Lipinski definition) is 2. The van der Waals surface area contributed by atoms with Crippen LogP contribution in [0.3, 0.4) is 0 Å². The monoisotopic (exact) mass is 513 g/mol. The lowest BCUT2D eigenvalue weighted by Crippen LogP contribution is -2.49. The van der Waals surface area contributed by atoms with Crippen molar-refractivity contribution in [3.63, 3.8) is 0 Å². The molecule has 0 saturated carbocycles. The van der Waals surface area contributed by atoms with Crippen LogP contribution < -0.4 is 10.6 Å². The van der Waals surface area contributed by atoms with Gasteiger partial charge >= 0.3 is 0 Å². The van der Waals surface area contributed by atoms with Crippen LogP contribution in [0.1, 0.15) is 25.0 Å². The molecular weight excluding hydrogens is 481 g/mol. The van der Waals surface area contributed by atoms with E-state index in [1.807, 2.05) is 4.68 Å². The summed E-state index contributed by atoms with van der Waals surface area (Å²) in [5, 5.41) is 11.0. The molecule has 29 heavy (non-hydrogen) atoms. The van der Waals surface area contributed by atoms with Crippen LogP contribution in [-0.4, -0.2) is 71.1 Å². The van der Waals surface area contributed by atoms with Crippen molar-refractivity contribution in [1.29, 1.82) is 0 Å². The number of aromatic nitrogens is 3. The second-order valence-electron chi connectivity index (χ2n) is 6.99. The van der Waals surface area contributed by atoms with E-state index in [1.54, 1.807) is 12.7 Å². The molecule has 1 aromatic heterocycles. The summed E-state index contributed by atoms with van der Waals surface area (Å²) < 4.78 is 7.26. The smallest absolute Gasteiger partial charge is 0.191 e. The van der Waals surface area contributed by atoms with Gasteiger partial charge in [0.05, 0.1) is 26.3 Å². The first-order valence-corrected chi connectivity index (χ1v) is 9.99. The molecule has 1 saturated heterocycles. The summed E-state index contributed by atoms with van der Waals surface area (Å²) in [5.74, 6) is 0.851. The highest BCUT2D eigenvalue weighted by Gasteiger charge is 2.16. The van der Waals surface area contributed by atoms with E-state index >= 15 is 0 Å². The van der Waals surface area contributed by atoms with Gasteiger partial charge < -0.3 is 15.4 Å². The van der Waals surface area contributed by atoms with Gasteiger partial charge in [-0.2, -0.15) is 5.10 Å². The third-order valence-electron chi connectivity index (χ3n) is 4.80. The third kappa shape index (κ3) is 7.90. The molecule has 1 atom stereocenters. The number of benzene rings is 1. The lowest BCUT2D eigenvalue weighted by molar-refractivity contribution is 0.0211. The topological polar surface area (TPSA) is 79.6 Å². The van der Waals surface area contributed by atoms with Crippen LogP contribution in [0.4, 0.5) is 0 Å². The molecule has 0 bridgehead atoms. The number of halogens is 1. The standard InChI is InChI=1S/C20H31N7O.HI/c1-3-22-20(23-12-17(2)26-7-9-28-10-8-26)24-13-18-5-4-6-19(11-18)14-27-16-21-15-25-27;/h4-6,11,15-17H,3,7-10,12-14H2,1-2H3,(H2,22,23,24);1H. The van der Waals surface area contributed by atoms with Crippen molar-refractivity contribution in [3.05, 3.63) is 48.0 Å². The molecule has 1 unspecified atom stereocenters. The molecule has 1 aromatic carbocycles. The summed E-state index contributed by atoms with van der Waals surface area (Å²) in [6, 6.07) is 8.89. The Morgan fingerprint density at radius 2 is 2.03 bits per heavy atom. The molecule has 2 aromatic rings. The van der Waals surface area contributed by atoms with Crippen LogP contribution in [0.15, 0.2) is 41.9 Å². The van der Waals surface area contributed by atoms with E-state index in [2.05, 4.69) is 63.7 Å². The first-order valence-electron chi connectivity index (χ1n) is 9.99. The Bertz CT molecular complexity index is 732. The number of morpholine rings is 1. The molecule has 1 aliphatic rings. The quantitative estimate of drug-likeness (QED) is 0.318. The fraction of sp³-hybridized carbons (Fsp3) is 0.550. The Labute approximate surface area is 190 Å². The van der Waals surface area contributed by atoms with E-state index in [4.69, 9.17) is 9.73 Å². The first kappa shape index (κ1) is 23.6. The molecule has 0 aliphatic carbocycles. The highest BCUT2D eigenvalue weighted by Crippen LogP contribution is 2.08. The highest BCUT2D eigenvalue weighted by molar-refractivity contribution is 14.0. The van der Waals surface area contributed by atoms with Crippen molar-refractivity contribution in [2.24, 2.45) is 4.99 Å². The summed E-state index contributed by atoms with van der Waals surface area (Å²) in [6.07, 6.45) is 3.29. The summed E-state index contributed by atoms with van der Waals surface area (Å²) in [6.45, 7) is 11.0. The minimum absolute atomic E-state index is 0. The van der Waals surface area contributed by atoms with Crippen LogP contribution in [-0.2, 0) is 17.8 Å². The summed E-state index contributed by atoms with van der Waals surface area (Å²) >= 11 is 0. The molecule has 3 rings (SSSR count). The van der Waals surface area contributed by atoms with Gasteiger partial charge in [0.2, 0.25) is 0 Å². The summed E-state index contributed by atoms with van der Waals surface area (Å²) in [7, 11) is 0. The predicted molar refractivity (Wildman–Crippen MR) is 126 cm³/mol. The largest absolute Gasteiger partial charge is 0.379 e. The number of guanidine groups is 1. The maximum absolute atomic E-state index is 5.44. The van der Waals surface area contributed by atoms with Gasteiger partial charge in [-0.1, -0.05) is 24.3 Å². The molecule has 0 radical (unpaired) electrons. The number of hydrogen-bond acceptors (Lipinski definition) is 5. The Kier molecular flexibility index (Phi) is 10.4. The van der Waals surface area contributed by atoms with Crippen molar-refractivity contribution in [1.82, 2.24) is 30.3 Å². The zero-order valence-corrected chi connectivity index (χ0v) is 19.6. The second-order valence-corrected chi connectivity index (χ2v) is 6.99. The van der Waals surface area contributed by atoms with Crippen molar-refractivity contribution in [2.45, 2.75) is 33.0 Å². The molecular formula is C20H32IN7O. The first-order chi connectivity index (χ1) is 13.7. The maximum Gasteiger partial charge on any atom is 0.191 e. The third-order valence-corrected chi connectivity index (χ3v) is 4.80. The number of rotatable bonds is 8. The fourth-order valence-corrected chi connectivity index (χ4v) is 3.23. The molecule has 0 amide bonds. The van der Waals surface area contributed by atoms with E-state index in [0.29, 0.717) is 19.1 Å². The molecule has 2 N–H and O–H groups in total. The summed E-state index contributed by atoms with van der Waals surface area (Å²) in [5.41, 5.74) is 2.37. The maximum atomic E-state index is 5.44. The van der Waals surface area contributed by atoms with Gasteiger partial charge in [-0.25, -0.2) is 14.7 Å². The molecule has 1 fully saturated rings. The lowest BCUT2D eigenvalue weighted by Gasteiger charge is -2.32. The van der Waals surface area contributed by atoms with Gasteiger partial charge in [0.15, 0.2) is 5.96 Å². The lowest BCUT2D eigenvalue weighted by atomic mass is 10.1. The van der Waals surface area contributed by atoms with Crippen LogP contribution in [0, 0.1) is 0 Å². The van der Waals surface area contributed by atoms with Crippen LogP contribution >= 0.6 is 24.0 Å². The van der Waals surface area contributed by atoms with E-state index in [9.17, 15) is 0 Å². The molecule has 9 heteroatoms. The van der Waals surface area contributed by atoms with E-state index in [1.165, 1.54) is 11.1 Å². The van der Waals surface area contributed by atoms with Crippen LogP contribution in [0.25, 0.3) is 0 Å². The Hall–Kier alpha value is -1.72. The summed E-state index contributed by atoms with van der Waals surface area (Å²) in [4.78, 5) is 11.2. The average molecular weight is 513 g/mol. The van der Waals surface area contributed by atoms with Gasteiger partial charge in [-0.05, 0) is 25.0 Å². The molecule has 160 valence electrons. The van der Waals surface area contributed by atoms with Gasteiger partial charge in [-0.3, -0.25) is 4.90 Å². The number of ether oxygens (including phenoxy) is 1. The van der Waals surface area contributed by atoms with Gasteiger partial charge in [0.25, 0.3) is 0 Å². The molecule has 2 heterocycles. The van der Waals surface area contributed by atoms with Crippen LogP contribution in [0.5, 0.6) is 0 Å². The van der Waals surface area contributed by atoms with E-state index < -0.39 is 0 Å². The zero-order chi connectivity index (χ0) is 19.6. The number of aliphatic imine (C=N–C) groups is 1. The number of nitrogens with one attached hydrogen (secondary N) is 2. The van der Waals surface area contributed by atoms with Gasteiger partial charge in [0.1, 0.15) is 12.7 Å². The van der Waals surface area contributed by atoms with Crippen LogP contribution in [0.2, 0.25) is 0 Å². The zero-order valence-electron chi connectivity index (χ0n) is 17.3. The minimum Gasteiger partial charge on any atom is -0.379 e. The fourth-order valence-electron chi connectivity index (χ4n) is 3.23. The Balaban J connectivity index is 0.00000300. The van der Waals surface area contributed by atoms with Gasteiger partial charge in [0, 0.05) is 32.2 Å². The highest BCUT2D eigenvalue weighted by atomic mass is 127. The molecule has 1 aliphatic heterocycles. The van der Waals surface area contributed by atoms with Gasteiger partial charge in [-0.15, -0.1) is 24.0 Å². The van der Waals surface area contributed by atoms with Crippen molar-refractivity contribution in [2.75, 3.05) is 39.4 Å². The number of nitrogens with zero attached hydrogens (tertiary/aromatic N) is 5. The van der Waals surface area contributed by atoms with E-state index in [0.717, 1.165) is 45.4 Å². The Morgan fingerprint density at radius 3 is 2.76 bits per heavy atom. The normalized spacial score (nSPS) is 16.1. The predicted octanol–water partition coefficient (Wildman–Crippen LogP) is 1.72. The van der Waals surface area contributed by atoms with E-state index in [-0.39, 0.29) is 24.0 Å². The molecule has 0 spiro atoms. The SMILES string of the molecule is CCNC(=NCc1cccc(Cn2cncn2)c1)NCC(C)N1CCOCC1.I. The van der Waals surface area contributed by atoms with Crippen molar-refractivity contribution in [3.8, 4) is 0 Å². The minimum atomic E-state index is 0. The molecule has 8 nitrogen and oxygen atoms in total.